The highest BCUT2D eigenvalue weighted by Crippen LogP contribution is 2.23. The van der Waals surface area contributed by atoms with E-state index in [1.807, 2.05) is 29.8 Å². The second-order valence-corrected chi connectivity index (χ2v) is 7.42. The summed E-state index contributed by atoms with van der Waals surface area (Å²) in [6, 6.07) is 10.2. The standard InChI is InChI=1S/C20H24N4O/c1-13-6-9-16-15(10-13)8-7-14(2)18(16)19(25)21-11-17-22-12-23-24(17)20(3,4)5/h6-10,12H,11H2,1-5H3,(H,21,25). The topological polar surface area (TPSA) is 59.8 Å². The van der Waals surface area contributed by atoms with Crippen molar-refractivity contribution >= 4 is 16.7 Å². The van der Waals surface area contributed by atoms with Crippen molar-refractivity contribution in [3.05, 3.63) is 59.2 Å². The van der Waals surface area contributed by atoms with E-state index in [2.05, 4.69) is 55.2 Å². The maximum atomic E-state index is 12.9. The average Bonchev–Trinajstić information content (AvgIpc) is 3.01. The van der Waals surface area contributed by atoms with E-state index in [0.717, 1.165) is 27.7 Å². The number of nitrogens with zero attached hydrogens (tertiary/aromatic N) is 3. The van der Waals surface area contributed by atoms with Crippen molar-refractivity contribution in [1.29, 1.82) is 0 Å². The Bertz CT molecular complexity index is 935. The quantitative estimate of drug-likeness (QED) is 0.793. The Hall–Kier alpha value is -2.69. The number of hydrogen-bond donors (Lipinski definition) is 1. The molecule has 0 saturated heterocycles. The van der Waals surface area contributed by atoms with Crippen LogP contribution in [-0.4, -0.2) is 20.7 Å². The molecule has 0 aliphatic carbocycles. The van der Waals surface area contributed by atoms with Gasteiger partial charge < -0.3 is 5.32 Å². The second kappa shape index (κ2) is 6.31. The number of amides is 1. The maximum Gasteiger partial charge on any atom is 0.252 e. The first-order chi connectivity index (χ1) is 11.8. The number of rotatable bonds is 3. The Labute approximate surface area is 148 Å². The first-order valence-electron chi connectivity index (χ1n) is 8.45. The number of fused-ring (bicyclic) bond motifs is 1. The summed E-state index contributed by atoms with van der Waals surface area (Å²) < 4.78 is 1.84. The Morgan fingerprint density at radius 1 is 1.16 bits per heavy atom. The molecule has 0 fully saturated rings. The third kappa shape index (κ3) is 3.40. The van der Waals surface area contributed by atoms with Crippen LogP contribution in [0.4, 0.5) is 0 Å². The summed E-state index contributed by atoms with van der Waals surface area (Å²) >= 11 is 0. The van der Waals surface area contributed by atoms with E-state index in [1.54, 1.807) is 0 Å². The minimum Gasteiger partial charge on any atom is -0.345 e. The molecule has 0 bridgehead atoms. The first kappa shape index (κ1) is 17.1. The number of aromatic nitrogens is 3. The van der Waals surface area contributed by atoms with E-state index in [-0.39, 0.29) is 11.4 Å². The molecule has 25 heavy (non-hydrogen) atoms. The number of carbonyl (C=O) groups excluding carboxylic acids is 1. The highest BCUT2D eigenvalue weighted by Gasteiger charge is 2.19. The zero-order valence-electron chi connectivity index (χ0n) is 15.4. The van der Waals surface area contributed by atoms with Crippen LogP contribution in [0.3, 0.4) is 0 Å². The monoisotopic (exact) mass is 336 g/mol. The Morgan fingerprint density at radius 3 is 2.64 bits per heavy atom. The van der Waals surface area contributed by atoms with Crippen LogP contribution in [0.1, 0.15) is 48.1 Å². The molecule has 3 aromatic rings. The van der Waals surface area contributed by atoms with Gasteiger partial charge in [0, 0.05) is 0 Å². The van der Waals surface area contributed by atoms with Gasteiger partial charge in [-0.3, -0.25) is 4.79 Å². The van der Waals surface area contributed by atoms with Crippen molar-refractivity contribution in [2.24, 2.45) is 0 Å². The largest absolute Gasteiger partial charge is 0.345 e. The van der Waals surface area contributed by atoms with Crippen LogP contribution in [0, 0.1) is 13.8 Å². The van der Waals surface area contributed by atoms with E-state index in [9.17, 15) is 4.79 Å². The van der Waals surface area contributed by atoms with Gasteiger partial charge in [-0.15, -0.1) is 0 Å². The van der Waals surface area contributed by atoms with E-state index in [0.29, 0.717) is 6.54 Å². The van der Waals surface area contributed by atoms with Crippen molar-refractivity contribution in [2.45, 2.75) is 46.7 Å². The van der Waals surface area contributed by atoms with E-state index in [1.165, 1.54) is 11.9 Å². The van der Waals surface area contributed by atoms with Gasteiger partial charge in [-0.2, -0.15) is 5.10 Å². The smallest absolute Gasteiger partial charge is 0.252 e. The molecule has 0 aliphatic rings. The molecule has 1 N–H and O–H groups in total. The van der Waals surface area contributed by atoms with Gasteiger partial charge in [0.25, 0.3) is 5.91 Å². The van der Waals surface area contributed by atoms with Gasteiger partial charge in [-0.1, -0.05) is 35.9 Å². The highest BCUT2D eigenvalue weighted by atomic mass is 16.1. The Kier molecular flexibility index (Phi) is 4.33. The van der Waals surface area contributed by atoms with Crippen molar-refractivity contribution in [3.63, 3.8) is 0 Å². The van der Waals surface area contributed by atoms with Gasteiger partial charge in [-0.05, 0) is 51.0 Å². The maximum absolute atomic E-state index is 12.9. The van der Waals surface area contributed by atoms with Gasteiger partial charge in [0.15, 0.2) is 0 Å². The molecule has 1 aromatic heterocycles. The van der Waals surface area contributed by atoms with Crippen LogP contribution >= 0.6 is 0 Å². The molecule has 1 heterocycles. The lowest BCUT2D eigenvalue weighted by atomic mass is 9.98. The molecule has 0 radical (unpaired) electrons. The summed E-state index contributed by atoms with van der Waals surface area (Å²) in [5.41, 5.74) is 2.69. The van der Waals surface area contributed by atoms with Crippen molar-refractivity contribution in [1.82, 2.24) is 20.1 Å². The number of hydrogen-bond acceptors (Lipinski definition) is 3. The van der Waals surface area contributed by atoms with Gasteiger partial charge in [-0.25, -0.2) is 9.67 Å². The fraction of sp³-hybridized carbons (Fsp3) is 0.350. The zero-order valence-corrected chi connectivity index (χ0v) is 15.4. The van der Waals surface area contributed by atoms with E-state index >= 15 is 0 Å². The molecule has 5 heteroatoms. The molecule has 0 aliphatic heterocycles. The SMILES string of the molecule is Cc1ccc2c(C(=O)NCc3ncnn3C(C)(C)C)c(C)ccc2c1. The molecule has 0 unspecified atom stereocenters. The zero-order chi connectivity index (χ0) is 18.2. The molecule has 3 rings (SSSR count). The summed E-state index contributed by atoms with van der Waals surface area (Å²) in [6.45, 7) is 10.5. The van der Waals surface area contributed by atoms with Gasteiger partial charge in [0.05, 0.1) is 17.6 Å². The van der Waals surface area contributed by atoms with Gasteiger partial charge in [0.1, 0.15) is 12.2 Å². The molecular formula is C20H24N4O. The van der Waals surface area contributed by atoms with Crippen LogP contribution in [0.15, 0.2) is 36.7 Å². The van der Waals surface area contributed by atoms with Crippen molar-refractivity contribution < 1.29 is 4.79 Å². The number of nitrogens with one attached hydrogen (secondary N) is 1. The predicted octanol–water partition coefficient (Wildman–Crippen LogP) is 3.73. The molecule has 0 spiro atoms. The fourth-order valence-electron chi connectivity index (χ4n) is 3.05. The first-order valence-corrected chi connectivity index (χ1v) is 8.45. The summed E-state index contributed by atoms with van der Waals surface area (Å²) in [5, 5.41) is 9.32. The minimum absolute atomic E-state index is 0.0876. The lowest BCUT2D eigenvalue weighted by Crippen LogP contribution is -2.30. The lowest BCUT2D eigenvalue weighted by molar-refractivity contribution is 0.0949. The van der Waals surface area contributed by atoms with Crippen LogP contribution in [-0.2, 0) is 12.1 Å². The van der Waals surface area contributed by atoms with Gasteiger partial charge in [0.2, 0.25) is 0 Å². The second-order valence-electron chi connectivity index (χ2n) is 7.42. The number of aryl methyl sites for hydroxylation is 2. The summed E-state index contributed by atoms with van der Waals surface area (Å²) in [5.74, 6) is 0.657. The summed E-state index contributed by atoms with van der Waals surface area (Å²) in [7, 11) is 0. The number of benzene rings is 2. The third-order valence-corrected chi connectivity index (χ3v) is 4.27. The molecule has 5 nitrogen and oxygen atoms in total. The minimum atomic E-state index is -0.177. The molecular weight excluding hydrogens is 312 g/mol. The summed E-state index contributed by atoms with van der Waals surface area (Å²) in [4.78, 5) is 17.1. The average molecular weight is 336 g/mol. The lowest BCUT2D eigenvalue weighted by Gasteiger charge is -2.21. The Morgan fingerprint density at radius 2 is 1.92 bits per heavy atom. The molecule has 130 valence electrons. The van der Waals surface area contributed by atoms with Crippen molar-refractivity contribution in [2.75, 3.05) is 0 Å². The third-order valence-electron chi connectivity index (χ3n) is 4.27. The van der Waals surface area contributed by atoms with Crippen molar-refractivity contribution in [3.8, 4) is 0 Å². The number of carbonyl (C=O) groups is 1. The van der Waals surface area contributed by atoms with Gasteiger partial charge >= 0.3 is 0 Å². The summed E-state index contributed by atoms with van der Waals surface area (Å²) in [6.07, 6.45) is 1.53. The van der Waals surface area contributed by atoms with Crippen LogP contribution in [0.5, 0.6) is 0 Å². The molecule has 2 aromatic carbocycles. The van der Waals surface area contributed by atoms with Crippen LogP contribution in [0.25, 0.3) is 10.8 Å². The highest BCUT2D eigenvalue weighted by molar-refractivity contribution is 6.08. The molecule has 1 amide bonds. The normalized spacial score (nSPS) is 11.7. The van der Waals surface area contributed by atoms with Crippen LogP contribution in [0.2, 0.25) is 0 Å². The Balaban J connectivity index is 1.89. The predicted molar refractivity (Wildman–Crippen MR) is 99.6 cm³/mol. The molecule has 0 saturated carbocycles. The van der Waals surface area contributed by atoms with Crippen LogP contribution < -0.4 is 5.32 Å². The molecule has 0 atom stereocenters. The fourth-order valence-corrected chi connectivity index (χ4v) is 3.05. The van der Waals surface area contributed by atoms with E-state index < -0.39 is 0 Å². The van der Waals surface area contributed by atoms with E-state index in [4.69, 9.17) is 0 Å².